The number of imidazole rings is 1. The summed E-state index contributed by atoms with van der Waals surface area (Å²) in [6.45, 7) is 6.17. The van der Waals surface area contributed by atoms with Crippen LogP contribution in [0.3, 0.4) is 0 Å². The highest BCUT2D eigenvalue weighted by atomic mass is 32.1. The van der Waals surface area contributed by atoms with E-state index in [1.54, 1.807) is 22.7 Å². The van der Waals surface area contributed by atoms with Gasteiger partial charge in [-0.1, -0.05) is 22.7 Å². The molecule has 1 fully saturated rings. The van der Waals surface area contributed by atoms with E-state index in [4.69, 9.17) is 15.0 Å². The van der Waals surface area contributed by atoms with Gasteiger partial charge >= 0.3 is 0 Å². The highest BCUT2D eigenvalue weighted by Crippen LogP contribution is 2.37. The lowest BCUT2D eigenvalue weighted by Crippen LogP contribution is -2.26. The lowest BCUT2D eigenvalue weighted by atomic mass is 9.99. The van der Waals surface area contributed by atoms with Crippen molar-refractivity contribution in [2.24, 2.45) is 0 Å². The Morgan fingerprint density at radius 3 is 2.60 bits per heavy atom. The maximum Gasteiger partial charge on any atom is 0.159 e. The Morgan fingerprint density at radius 2 is 1.80 bits per heavy atom. The first-order valence-corrected chi connectivity index (χ1v) is 10.1. The molecule has 1 aliphatic heterocycles. The zero-order valence-corrected chi connectivity index (χ0v) is 15.7. The Hall–Kier alpha value is -1.90. The normalized spacial score (nSPS) is 16.2. The number of nitrogens with one attached hydrogen (secondary N) is 1. The molecule has 25 heavy (non-hydrogen) atoms. The summed E-state index contributed by atoms with van der Waals surface area (Å²) in [6, 6.07) is 0. The summed E-state index contributed by atoms with van der Waals surface area (Å²) in [6.07, 6.45) is 6.38. The molecular weight excluding hydrogens is 352 g/mol. The number of rotatable bonds is 2. The van der Waals surface area contributed by atoms with Gasteiger partial charge in [-0.2, -0.15) is 0 Å². The number of aromatic nitrogens is 5. The van der Waals surface area contributed by atoms with E-state index < -0.39 is 0 Å². The van der Waals surface area contributed by atoms with Gasteiger partial charge in [0.2, 0.25) is 0 Å². The van der Waals surface area contributed by atoms with Crippen LogP contribution in [0, 0.1) is 13.8 Å². The third-order valence-electron chi connectivity index (χ3n) is 4.63. The van der Waals surface area contributed by atoms with Gasteiger partial charge in [-0.25, -0.2) is 15.0 Å². The van der Waals surface area contributed by atoms with Gasteiger partial charge in [-0.05, 0) is 39.8 Å². The highest BCUT2D eigenvalue weighted by Gasteiger charge is 2.21. The van der Waals surface area contributed by atoms with E-state index in [9.17, 15) is 0 Å². The Balaban J connectivity index is 1.52. The van der Waals surface area contributed by atoms with Gasteiger partial charge in [0.05, 0.1) is 16.4 Å². The van der Waals surface area contributed by atoms with Gasteiger partial charge < -0.3 is 9.72 Å². The fraction of sp³-hybridized carbons (Fsp3) is 0.412. The van der Waals surface area contributed by atoms with E-state index in [2.05, 4.69) is 10.3 Å². The summed E-state index contributed by atoms with van der Waals surface area (Å²) < 4.78 is 2.04. The second-order valence-corrected chi connectivity index (χ2v) is 8.52. The molecule has 1 N–H and O–H groups in total. The summed E-state index contributed by atoms with van der Waals surface area (Å²) in [7, 11) is 0. The molecule has 0 atom stereocenters. The topological polar surface area (TPSA) is 68.0 Å². The van der Waals surface area contributed by atoms with E-state index in [-0.39, 0.29) is 0 Å². The van der Waals surface area contributed by atoms with Gasteiger partial charge in [0, 0.05) is 18.3 Å². The monoisotopic (exact) mass is 370 g/mol. The Morgan fingerprint density at radius 1 is 1.00 bits per heavy atom. The molecule has 0 amide bonds. The molecule has 0 saturated carbocycles. The first kappa shape index (κ1) is 15.4. The lowest BCUT2D eigenvalue weighted by molar-refractivity contribution is 0.459. The van der Waals surface area contributed by atoms with Gasteiger partial charge in [0.15, 0.2) is 15.3 Å². The van der Waals surface area contributed by atoms with E-state index in [1.807, 2.05) is 30.6 Å². The SMILES string of the molecule is Cc1cn2cc(-c3nc4sc(C5CCNCC5)nc4s3)nc2c(C)n1. The minimum atomic E-state index is 0.586. The standard InChI is InChI=1S/C17H18N6S2/c1-9-7-23-8-12(20-13(23)10(2)19-9)15-22-17-16(25-15)21-14(24-17)11-3-5-18-6-4-11/h7-8,11,18H,3-6H2,1-2H3. The maximum absolute atomic E-state index is 4.87. The maximum atomic E-state index is 4.87. The van der Waals surface area contributed by atoms with Crippen LogP contribution in [-0.2, 0) is 0 Å². The van der Waals surface area contributed by atoms with Crippen molar-refractivity contribution in [1.29, 1.82) is 0 Å². The molecule has 6 nitrogen and oxygen atoms in total. The van der Waals surface area contributed by atoms with E-state index in [0.717, 1.165) is 50.5 Å². The molecule has 1 saturated heterocycles. The number of nitrogens with zero attached hydrogens (tertiary/aromatic N) is 5. The van der Waals surface area contributed by atoms with Crippen molar-refractivity contribution < 1.29 is 0 Å². The molecule has 128 valence electrons. The second-order valence-electron chi connectivity index (χ2n) is 6.53. The van der Waals surface area contributed by atoms with Crippen LogP contribution in [0.2, 0.25) is 0 Å². The fourth-order valence-electron chi connectivity index (χ4n) is 3.42. The predicted octanol–water partition coefficient (Wildman–Crippen LogP) is 3.55. The van der Waals surface area contributed by atoms with Crippen molar-refractivity contribution in [3.8, 4) is 10.7 Å². The number of piperidine rings is 1. The lowest BCUT2D eigenvalue weighted by Gasteiger charge is -2.20. The number of fused-ring (bicyclic) bond motifs is 2. The van der Waals surface area contributed by atoms with Crippen LogP contribution in [0.5, 0.6) is 0 Å². The zero-order valence-electron chi connectivity index (χ0n) is 14.1. The molecule has 0 spiro atoms. The third-order valence-corrected chi connectivity index (χ3v) is 6.84. The van der Waals surface area contributed by atoms with Crippen molar-refractivity contribution in [3.63, 3.8) is 0 Å². The van der Waals surface area contributed by atoms with Crippen LogP contribution in [0.15, 0.2) is 12.4 Å². The van der Waals surface area contributed by atoms with Crippen LogP contribution in [0.1, 0.15) is 35.2 Å². The summed E-state index contributed by atoms with van der Waals surface area (Å²) in [5.41, 5.74) is 3.72. The number of aryl methyl sites for hydroxylation is 2. The predicted molar refractivity (Wildman–Crippen MR) is 102 cm³/mol. The van der Waals surface area contributed by atoms with Crippen molar-refractivity contribution in [2.45, 2.75) is 32.6 Å². The van der Waals surface area contributed by atoms with Crippen LogP contribution in [-0.4, -0.2) is 37.4 Å². The largest absolute Gasteiger partial charge is 0.317 e. The zero-order chi connectivity index (χ0) is 17.0. The number of hydrogen-bond donors (Lipinski definition) is 1. The summed E-state index contributed by atoms with van der Waals surface area (Å²) >= 11 is 3.38. The number of hydrogen-bond acceptors (Lipinski definition) is 7. The smallest absolute Gasteiger partial charge is 0.159 e. The molecule has 4 aromatic heterocycles. The third kappa shape index (κ3) is 2.65. The molecule has 0 aromatic carbocycles. The molecule has 0 radical (unpaired) electrons. The van der Waals surface area contributed by atoms with Crippen molar-refractivity contribution >= 4 is 38.0 Å². The molecular formula is C17H18N6S2. The van der Waals surface area contributed by atoms with Crippen LogP contribution in [0.4, 0.5) is 0 Å². The summed E-state index contributed by atoms with van der Waals surface area (Å²) in [5, 5.41) is 5.59. The van der Waals surface area contributed by atoms with E-state index in [0.29, 0.717) is 5.92 Å². The minimum absolute atomic E-state index is 0.586. The molecule has 0 aliphatic carbocycles. The Bertz CT molecular complexity index is 1040. The van der Waals surface area contributed by atoms with Crippen molar-refractivity contribution in [3.05, 3.63) is 28.8 Å². The first-order valence-electron chi connectivity index (χ1n) is 8.48. The van der Waals surface area contributed by atoms with Crippen LogP contribution in [0.25, 0.3) is 26.0 Å². The molecule has 5 rings (SSSR count). The average molecular weight is 371 g/mol. The Labute approximate surface area is 153 Å². The molecule has 0 unspecified atom stereocenters. The van der Waals surface area contributed by atoms with Crippen molar-refractivity contribution in [1.82, 2.24) is 29.7 Å². The van der Waals surface area contributed by atoms with E-state index >= 15 is 0 Å². The fourth-order valence-corrected chi connectivity index (χ4v) is 5.59. The molecule has 8 heteroatoms. The first-order chi connectivity index (χ1) is 12.2. The van der Waals surface area contributed by atoms with Gasteiger partial charge in [0.25, 0.3) is 0 Å². The molecule has 1 aliphatic rings. The number of thiazole rings is 2. The average Bonchev–Trinajstić information content (AvgIpc) is 3.27. The second kappa shape index (κ2) is 5.82. The highest BCUT2D eigenvalue weighted by molar-refractivity contribution is 7.28. The van der Waals surface area contributed by atoms with Gasteiger partial charge in [-0.3, -0.25) is 4.98 Å². The van der Waals surface area contributed by atoms with Gasteiger partial charge in [0.1, 0.15) is 10.7 Å². The molecule has 5 heterocycles. The molecule has 0 bridgehead atoms. The summed E-state index contributed by atoms with van der Waals surface area (Å²) in [4.78, 5) is 21.0. The van der Waals surface area contributed by atoms with Gasteiger partial charge in [-0.15, -0.1) is 0 Å². The molecule has 4 aromatic rings. The quantitative estimate of drug-likeness (QED) is 0.584. The Kier molecular flexibility index (Phi) is 3.58. The van der Waals surface area contributed by atoms with Crippen molar-refractivity contribution in [2.75, 3.05) is 13.1 Å². The minimum Gasteiger partial charge on any atom is -0.317 e. The summed E-state index contributed by atoms with van der Waals surface area (Å²) in [5.74, 6) is 0.586. The van der Waals surface area contributed by atoms with Crippen LogP contribution >= 0.6 is 22.7 Å². The van der Waals surface area contributed by atoms with Crippen LogP contribution < -0.4 is 5.32 Å². The van der Waals surface area contributed by atoms with E-state index in [1.165, 1.54) is 17.8 Å².